The molecule has 0 atom stereocenters. The van der Waals surface area contributed by atoms with Crippen molar-refractivity contribution in [1.82, 2.24) is 15.1 Å². The van der Waals surface area contributed by atoms with E-state index in [9.17, 15) is 4.79 Å². The number of carbonyl (C=O) groups is 1. The predicted octanol–water partition coefficient (Wildman–Crippen LogP) is 2.91. The molecule has 1 aliphatic rings. The molecule has 6 heteroatoms. The van der Waals surface area contributed by atoms with Gasteiger partial charge >= 0.3 is 0 Å². The molecule has 1 saturated heterocycles. The second-order valence-electron chi connectivity index (χ2n) is 6.66. The normalized spacial score (nSPS) is 14.4. The molecular formula is C21H22N4O2. The number of fused-ring (bicyclic) bond motifs is 1. The molecule has 138 valence electrons. The maximum absolute atomic E-state index is 12.7. The molecule has 0 N–H and O–H groups in total. The van der Waals surface area contributed by atoms with E-state index in [1.807, 2.05) is 48.2 Å². The first-order valence-corrected chi connectivity index (χ1v) is 9.07. The lowest BCUT2D eigenvalue weighted by Crippen LogP contribution is -2.49. The van der Waals surface area contributed by atoms with Crippen LogP contribution in [0.5, 0.6) is 5.75 Å². The first-order chi connectivity index (χ1) is 13.2. The Labute approximate surface area is 158 Å². The third-order valence-corrected chi connectivity index (χ3v) is 5.06. The van der Waals surface area contributed by atoms with Crippen molar-refractivity contribution in [1.29, 1.82) is 0 Å². The van der Waals surface area contributed by atoms with E-state index in [0.29, 0.717) is 18.7 Å². The van der Waals surface area contributed by atoms with Crippen molar-refractivity contribution in [2.75, 3.05) is 38.2 Å². The summed E-state index contributed by atoms with van der Waals surface area (Å²) in [5.41, 5.74) is 1.62. The number of aryl methyl sites for hydroxylation is 1. The number of anilines is 1. The lowest BCUT2D eigenvalue weighted by Gasteiger charge is -2.35. The van der Waals surface area contributed by atoms with Crippen molar-refractivity contribution in [3.8, 4) is 5.75 Å². The van der Waals surface area contributed by atoms with Crippen molar-refractivity contribution in [3.63, 3.8) is 0 Å². The molecule has 0 bridgehead atoms. The molecule has 0 spiro atoms. The van der Waals surface area contributed by atoms with Crippen molar-refractivity contribution in [3.05, 3.63) is 59.8 Å². The highest BCUT2D eigenvalue weighted by molar-refractivity contribution is 5.95. The van der Waals surface area contributed by atoms with Crippen molar-refractivity contribution in [2.24, 2.45) is 0 Å². The van der Waals surface area contributed by atoms with Crippen molar-refractivity contribution in [2.45, 2.75) is 6.92 Å². The van der Waals surface area contributed by atoms with Crippen LogP contribution in [0.4, 0.5) is 5.82 Å². The van der Waals surface area contributed by atoms with Crippen LogP contribution >= 0.6 is 0 Å². The number of hydrogen-bond donors (Lipinski definition) is 0. The second kappa shape index (κ2) is 7.23. The van der Waals surface area contributed by atoms with Crippen LogP contribution in [0.3, 0.4) is 0 Å². The zero-order chi connectivity index (χ0) is 18.8. The summed E-state index contributed by atoms with van der Waals surface area (Å²) in [6, 6.07) is 15.5. The molecule has 2 heterocycles. The zero-order valence-corrected chi connectivity index (χ0v) is 15.6. The molecule has 0 unspecified atom stereocenters. The smallest absolute Gasteiger partial charge is 0.253 e. The van der Waals surface area contributed by atoms with E-state index in [4.69, 9.17) is 4.74 Å². The maximum Gasteiger partial charge on any atom is 0.253 e. The molecule has 3 aromatic rings. The Morgan fingerprint density at radius 2 is 1.59 bits per heavy atom. The summed E-state index contributed by atoms with van der Waals surface area (Å²) in [6.07, 6.45) is 0. The van der Waals surface area contributed by atoms with Crippen LogP contribution in [0.15, 0.2) is 48.5 Å². The molecule has 0 radical (unpaired) electrons. The van der Waals surface area contributed by atoms with E-state index >= 15 is 0 Å². The van der Waals surface area contributed by atoms with Gasteiger partial charge in [-0.2, -0.15) is 5.10 Å². The van der Waals surface area contributed by atoms with E-state index in [2.05, 4.69) is 27.2 Å². The van der Waals surface area contributed by atoms with E-state index in [1.165, 1.54) is 0 Å². The third kappa shape index (κ3) is 3.30. The molecule has 27 heavy (non-hydrogen) atoms. The first-order valence-electron chi connectivity index (χ1n) is 9.07. The summed E-state index contributed by atoms with van der Waals surface area (Å²) >= 11 is 0. The van der Waals surface area contributed by atoms with Crippen LogP contribution in [0, 0.1) is 6.92 Å². The summed E-state index contributed by atoms with van der Waals surface area (Å²) in [4.78, 5) is 16.8. The largest absolute Gasteiger partial charge is 0.497 e. The lowest BCUT2D eigenvalue weighted by atomic mass is 10.1. The zero-order valence-electron chi connectivity index (χ0n) is 15.6. The van der Waals surface area contributed by atoms with Gasteiger partial charge in [0.15, 0.2) is 5.82 Å². The van der Waals surface area contributed by atoms with E-state index in [0.717, 1.165) is 41.1 Å². The number of ether oxygens (including phenoxy) is 1. The minimum atomic E-state index is 0.0529. The average Bonchev–Trinajstić information content (AvgIpc) is 2.74. The van der Waals surface area contributed by atoms with Crippen LogP contribution in [-0.2, 0) is 0 Å². The van der Waals surface area contributed by atoms with Crippen LogP contribution in [0.2, 0.25) is 0 Å². The van der Waals surface area contributed by atoms with Gasteiger partial charge in [0.1, 0.15) is 5.75 Å². The highest BCUT2D eigenvalue weighted by Gasteiger charge is 2.24. The summed E-state index contributed by atoms with van der Waals surface area (Å²) in [5.74, 6) is 1.70. The first kappa shape index (κ1) is 17.3. The number of aromatic nitrogens is 2. The van der Waals surface area contributed by atoms with Gasteiger partial charge in [0.2, 0.25) is 0 Å². The van der Waals surface area contributed by atoms with Gasteiger partial charge in [-0.25, -0.2) is 0 Å². The number of hydrogen-bond acceptors (Lipinski definition) is 5. The van der Waals surface area contributed by atoms with Gasteiger partial charge < -0.3 is 14.5 Å². The average molecular weight is 362 g/mol. The van der Waals surface area contributed by atoms with E-state index in [-0.39, 0.29) is 5.91 Å². The fraction of sp³-hybridized carbons (Fsp3) is 0.286. The summed E-state index contributed by atoms with van der Waals surface area (Å²) in [5, 5.41) is 11.0. The standard InChI is InChI=1S/C21H22N4O2/c1-15-18-5-3-4-6-19(18)20(23-22-15)24-11-13-25(14-12-24)21(26)16-7-9-17(27-2)10-8-16/h3-10H,11-14H2,1-2H3. The molecule has 0 saturated carbocycles. The lowest BCUT2D eigenvalue weighted by molar-refractivity contribution is 0.0746. The van der Waals surface area contributed by atoms with E-state index < -0.39 is 0 Å². The molecular weight excluding hydrogens is 340 g/mol. The summed E-state index contributed by atoms with van der Waals surface area (Å²) in [7, 11) is 1.62. The number of methoxy groups -OCH3 is 1. The van der Waals surface area contributed by atoms with Crippen LogP contribution < -0.4 is 9.64 Å². The van der Waals surface area contributed by atoms with Gasteiger partial charge in [-0.15, -0.1) is 5.10 Å². The molecule has 1 aliphatic heterocycles. The van der Waals surface area contributed by atoms with Crippen molar-refractivity contribution >= 4 is 22.5 Å². The Morgan fingerprint density at radius 1 is 0.926 bits per heavy atom. The van der Waals surface area contributed by atoms with Gasteiger partial charge in [0.05, 0.1) is 12.8 Å². The summed E-state index contributed by atoms with van der Waals surface area (Å²) in [6.45, 7) is 4.78. The number of piperazine rings is 1. The SMILES string of the molecule is COc1ccc(C(=O)N2CCN(c3nnc(C)c4ccccc34)CC2)cc1. The molecule has 4 rings (SSSR count). The number of carbonyl (C=O) groups excluding carboxylic acids is 1. The molecule has 1 amide bonds. The number of rotatable bonds is 3. The van der Waals surface area contributed by atoms with Gasteiger partial charge in [-0.05, 0) is 31.2 Å². The summed E-state index contributed by atoms with van der Waals surface area (Å²) < 4.78 is 5.16. The quantitative estimate of drug-likeness (QED) is 0.717. The Kier molecular flexibility index (Phi) is 4.62. The van der Waals surface area contributed by atoms with Gasteiger partial charge in [-0.1, -0.05) is 24.3 Å². The Morgan fingerprint density at radius 3 is 2.26 bits per heavy atom. The number of amides is 1. The maximum atomic E-state index is 12.7. The Bertz CT molecular complexity index is 964. The predicted molar refractivity (Wildman–Crippen MR) is 105 cm³/mol. The fourth-order valence-electron chi connectivity index (χ4n) is 3.49. The van der Waals surface area contributed by atoms with Crippen LogP contribution in [-0.4, -0.2) is 54.3 Å². The Balaban J connectivity index is 1.49. The molecule has 1 fully saturated rings. The number of nitrogens with zero attached hydrogens (tertiary/aromatic N) is 4. The molecule has 2 aromatic carbocycles. The minimum absolute atomic E-state index is 0.0529. The fourth-order valence-corrected chi connectivity index (χ4v) is 3.49. The molecule has 1 aromatic heterocycles. The van der Waals surface area contributed by atoms with Gasteiger partial charge in [0, 0.05) is 42.5 Å². The van der Waals surface area contributed by atoms with Crippen molar-refractivity contribution < 1.29 is 9.53 Å². The minimum Gasteiger partial charge on any atom is -0.497 e. The van der Waals surface area contributed by atoms with Gasteiger partial charge in [-0.3, -0.25) is 4.79 Å². The monoisotopic (exact) mass is 362 g/mol. The van der Waals surface area contributed by atoms with Crippen LogP contribution in [0.25, 0.3) is 10.8 Å². The Hall–Kier alpha value is -3.15. The topological polar surface area (TPSA) is 58.6 Å². The molecule has 0 aliphatic carbocycles. The highest BCUT2D eigenvalue weighted by atomic mass is 16.5. The third-order valence-electron chi connectivity index (χ3n) is 5.06. The second-order valence-corrected chi connectivity index (χ2v) is 6.66. The van der Waals surface area contributed by atoms with E-state index in [1.54, 1.807) is 7.11 Å². The molecule has 6 nitrogen and oxygen atoms in total. The number of benzene rings is 2. The van der Waals surface area contributed by atoms with Crippen LogP contribution in [0.1, 0.15) is 16.1 Å². The highest BCUT2D eigenvalue weighted by Crippen LogP contribution is 2.26. The van der Waals surface area contributed by atoms with Gasteiger partial charge in [0.25, 0.3) is 5.91 Å².